The Morgan fingerprint density at radius 1 is 1.14 bits per heavy atom. The molecule has 8 heteroatoms. The summed E-state index contributed by atoms with van der Waals surface area (Å²) < 4.78 is 7.77. The Hall–Kier alpha value is -2.80. The van der Waals surface area contributed by atoms with Gasteiger partial charge in [-0.1, -0.05) is 30.5 Å². The van der Waals surface area contributed by atoms with Crippen molar-refractivity contribution < 1.29 is 9.53 Å². The van der Waals surface area contributed by atoms with Crippen LogP contribution in [0.25, 0.3) is 16.7 Å². The molecule has 1 saturated heterocycles. The zero-order valence-electron chi connectivity index (χ0n) is 21.0. The van der Waals surface area contributed by atoms with Crippen LogP contribution in [0.1, 0.15) is 64.9 Å². The van der Waals surface area contributed by atoms with Gasteiger partial charge in [-0.3, -0.25) is 0 Å². The van der Waals surface area contributed by atoms with Gasteiger partial charge in [-0.05, 0) is 70.2 Å². The number of rotatable bonds is 3. The normalized spacial score (nSPS) is 19.5. The minimum absolute atomic E-state index is 0.0975. The van der Waals surface area contributed by atoms with E-state index in [4.69, 9.17) is 26.3 Å². The lowest BCUT2D eigenvalue weighted by atomic mass is 9.97. The van der Waals surface area contributed by atoms with Gasteiger partial charge in [-0.2, -0.15) is 0 Å². The summed E-state index contributed by atoms with van der Waals surface area (Å²) in [4.78, 5) is 26.4. The van der Waals surface area contributed by atoms with Crippen molar-refractivity contribution in [3.05, 3.63) is 47.4 Å². The molecule has 0 bridgehead atoms. The number of piperazine rings is 1. The molecule has 1 aliphatic carbocycles. The van der Waals surface area contributed by atoms with E-state index in [0.717, 1.165) is 22.5 Å². The van der Waals surface area contributed by atoms with Gasteiger partial charge in [0.25, 0.3) is 0 Å². The molecular formula is C27H34ClN5O2. The predicted octanol–water partition coefficient (Wildman–Crippen LogP) is 6.18. The summed E-state index contributed by atoms with van der Waals surface area (Å²) >= 11 is 6.33. The van der Waals surface area contributed by atoms with Crippen LogP contribution in [0.15, 0.2) is 36.8 Å². The molecule has 2 aliphatic rings. The number of hydrogen-bond acceptors (Lipinski definition) is 5. The molecule has 2 aromatic heterocycles. The van der Waals surface area contributed by atoms with Crippen molar-refractivity contribution in [1.82, 2.24) is 19.4 Å². The third-order valence-electron chi connectivity index (χ3n) is 7.02. The standard InChI is InChI=1S/C27H34ClN5O2/c1-18-15-31(26(34)35-27(2,3)4)12-13-32(18)24-23-22(19-8-5-6-9-19)16-33(25(23)30-17-29-24)21-11-7-10-20(28)14-21/h7,10-11,14,16-19H,5-6,8-9,12-13,15H2,1-4H3/t18-/m0/s1. The molecule has 1 atom stereocenters. The number of halogens is 1. The van der Waals surface area contributed by atoms with Gasteiger partial charge in [0.1, 0.15) is 23.4 Å². The zero-order valence-corrected chi connectivity index (χ0v) is 21.8. The van der Waals surface area contributed by atoms with E-state index in [1.165, 1.54) is 31.2 Å². The first kappa shape index (κ1) is 23.9. The molecular weight excluding hydrogens is 462 g/mol. The van der Waals surface area contributed by atoms with Crippen molar-refractivity contribution in [1.29, 1.82) is 0 Å². The zero-order chi connectivity index (χ0) is 24.7. The number of amides is 1. The molecule has 186 valence electrons. The fourth-order valence-corrected chi connectivity index (χ4v) is 5.61. The van der Waals surface area contributed by atoms with Crippen LogP contribution in [0.3, 0.4) is 0 Å². The average Bonchev–Trinajstić information content (AvgIpc) is 3.46. The minimum Gasteiger partial charge on any atom is -0.444 e. The second-order valence-electron chi connectivity index (χ2n) is 10.8. The molecule has 1 aromatic carbocycles. The minimum atomic E-state index is -0.504. The van der Waals surface area contributed by atoms with E-state index in [0.29, 0.717) is 30.6 Å². The van der Waals surface area contributed by atoms with Crippen LogP contribution in [-0.2, 0) is 4.74 Å². The van der Waals surface area contributed by atoms with Gasteiger partial charge in [0.2, 0.25) is 0 Å². The molecule has 0 N–H and O–H groups in total. The maximum atomic E-state index is 12.7. The quantitative estimate of drug-likeness (QED) is 0.434. The van der Waals surface area contributed by atoms with Gasteiger partial charge in [-0.25, -0.2) is 14.8 Å². The van der Waals surface area contributed by atoms with Crippen LogP contribution < -0.4 is 4.90 Å². The number of carbonyl (C=O) groups is 1. The molecule has 5 rings (SSSR count). The SMILES string of the molecule is C[C@H]1CN(C(=O)OC(C)(C)C)CCN1c1ncnc2c1c(C1CCCC1)cn2-c1cccc(Cl)c1. The smallest absolute Gasteiger partial charge is 0.410 e. The highest BCUT2D eigenvalue weighted by atomic mass is 35.5. The maximum Gasteiger partial charge on any atom is 0.410 e. The first-order valence-electron chi connectivity index (χ1n) is 12.6. The molecule has 3 aromatic rings. The molecule has 7 nitrogen and oxygen atoms in total. The Labute approximate surface area is 212 Å². The summed E-state index contributed by atoms with van der Waals surface area (Å²) in [6.07, 6.45) is 8.52. The van der Waals surface area contributed by atoms with Crippen molar-refractivity contribution in [2.24, 2.45) is 0 Å². The summed E-state index contributed by atoms with van der Waals surface area (Å²) in [6, 6.07) is 8.00. The number of benzene rings is 1. The molecule has 0 spiro atoms. The van der Waals surface area contributed by atoms with E-state index < -0.39 is 5.60 Å². The van der Waals surface area contributed by atoms with Crippen LogP contribution in [0.4, 0.5) is 10.6 Å². The van der Waals surface area contributed by atoms with Crippen LogP contribution in [-0.4, -0.2) is 56.8 Å². The Morgan fingerprint density at radius 2 is 1.91 bits per heavy atom. The lowest BCUT2D eigenvalue weighted by Gasteiger charge is -2.41. The predicted molar refractivity (Wildman–Crippen MR) is 140 cm³/mol. The van der Waals surface area contributed by atoms with Crippen LogP contribution >= 0.6 is 11.6 Å². The average molecular weight is 496 g/mol. The summed E-state index contributed by atoms with van der Waals surface area (Å²) in [6.45, 7) is 9.73. The first-order chi connectivity index (χ1) is 16.7. The number of aromatic nitrogens is 3. The van der Waals surface area contributed by atoms with Crippen molar-refractivity contribution in [2.45, 2.75) is 70.9 Å². The Balaban J connectivity index is 1.53. The second kappa shape index (κ2) is 9.34. The topological polar surface area (TPSA) is 63.5 Å². The first-order valence-corrected chi connectivity index (χ1v) is 13.0. The lowest BCUT2D eigenvalue weighted by molar-refractivity contribution is 0.0218. The second-order valence-corrected chi connectivity index (χ2v) is 11.2. The van der Waals surface area contributed by atoms with Gasteiger partial charge in [0.05, 0.1) is 5.39 Å². The van der Waals surface area contributed by atoms with Gasteiger partial charge in [0, 0.05) is 42.6 Å². The highest BCUT2D eigenvalue weighted by Gasteiger charge is 2.33. The van der Waals surface area contributed by atoms with Crippen LogP contribution in [0, 0.1) is 0 Å². The van der Waals surface area contributed by atoms with Gasteiger partial charge in [0.15, 0.2) is 0 Å². The van der Waals surface area contributed by atoms with E-state index in [-0.39, 0.29) is 12.1 Å². The highest BCUT2D eigenvalue weighted by Crippen LogP contribution is 2.42. The third kappa shape index (κ3) is 4.83. The molecule has 0 radical (unpaired) electrons. The number of ether oxygens (including phenoxy) is 1. The van der Waals surface area contributed by atoms with E-state index in [1.807, 2.05) is 39.0 Å². The fourth-order valence-electron chi connectivity index (χ4n) is 5.42. The number of nitrogens with zero attached hydrogens (tertiary/aromatic N) is 5. The molecule has 1 aliphatic heterocycles. The largest absolute Gasteiger partial charge is 0.444 e. The highest BCUT2D eigenvalue weighted by molar-refractivity contribution is 6.30. The Morgan fingerprint density at radius 3 is 2.60 bits per heavy atom. The van der Waals surface area contributed by atoms with E-state index in [9.17, 15) is 4.79 Å². The van der Waals surface area contributed by atoms with Gasteiger partial charge >= 0.3 is 6.09 Å². The van der Waals surface area contributed by atoms with Crippen molar-refractivity contribution >= 4 is 34.5 Å². The summed E-state index contributed by atoms with van der Waals surface area (Å²) in [5.74, 6) is 1.45. The lowest BCUT2D eigenvalue weighted by Crippen LogP contribution is -2.54. The summed E-state index contributed by atoms with van der Waals surface area (Å²) in [5, 5.41) is 1.82. The molecule has 1 amide bonds. The maximum absolute atomic E-state index is 12.7. The van der Waals surface area contributed by atoms with Crippen molar-refractivity contribution in [3.8, 4) is 5.69 Å². The summed E-state index contributed by atoms with van der Waals surface area (Å²) in [5.41, 5.74) is 2.71. The molecule has 2 fully saturated rings. The summed E-state index contributed by atoms with van der Waals surface area (Å²) in [7, 11) is 0. The van der Waals surface area contributed by atoms with E-state index in [2.05, 4.69) is 28.7 Å². The molecule has 1 saturated carbocycles. The van der Waals surface area contributed by atoms with Crippen molar-refractivity contribution in [3.63, 3.8) is 0 Å². The van der Waals surface area contributed by atoms with Crippen molar-refractivity contribution in [2.75, 3.05) is 24.5 Å². The number of hydrogen-bond donors (Lipinski definition) is 0. The van der Waals surface area contributed by atoms with Crippen LogP contribution in [0.5, 0.6) is 0 Å². The fraction of sp³-hybridized carbons (Fsp3) is 0.519. The monoisotopic (exact) mass is 495 g/mol. The van der Waals surface area contributed by atoms with Gasteiger partial charge < -0.3 is 19.1 Å². The third-order valence-corrected chi connectivity index (χ3v) is 7.26. The van der Waals surface area contributed by atoms with E-state index in [1.54, 1.807) is 11.2 Å². The molecule has 3 heterocycles. The number of carbonyl (C=O) groups excluding carboxylic acids is 1. The Bertz CT molecular complexity index is 1230. The number of fused-ring (bicyclic) bond motifs is 1. The number of anilines is 1. The van der Waals surface area contributed by atoms with Crippen LogP contribution in [0.2, 0.25) is 5.02 Å². The molecule has 0 unspecified atom stereocenters. The molecule has 35 heavy (non-hydrogen) atoms. The van der Waals surface area contributed by atoms with Gasteiger partial charge in [-0.15, -0.1) is 0 Å². The Kier molecular flexibility index (Phi) is 6.38. The van der Waals surface area contributed by atoms with E-state index >= 15 is 0 Å².